The Balaban J connectivity index is 2.20. The summed E-state index contributed by atoms with van der Waals surface area (Å²) in [5.74, 6) is 0.339. The van der Waals surface area contributed by atoms with Gasteiger partial charge in [0.05, 0.1) is 0 Å². The summed E-state index contributed by atoms with van der Waals surface area (Å²) in [6.07, 6.45) is 14.4. The van der Waals surface area contributed by atoms with Crippen LogP contribution >= 0.6 is 0 Å². The average Bonchev–Trinajstić information content (AvgIpc) is 2.37. The number of aldehydes is 1. The Bertz CT molecular complexity index is 512. The molecule has 0 spiro atoms. The molecule has 0 aromatic rings. The SMILES string of the molecule is CC1=C(/C=C/C2=CC=C(C=O)C(C)C2)C(C)(C)CCC1. The minimum Gasteiger partial charge on any atom is -0.298 e. The molecule has 0 amide bonds. The summed E-state index contributed by atoms with van der Waals surface area (Å²) in [6.45, 7) is 9.08. The van der Waals surface area contributed by atoms with Crippen LogP contribution in [-0.4, -0.2) is 6.29 Å². The van der Waals surface area contributed by atoms with Gasteiger partial charge in [0.15, 0.2) is 0 Å². The molecular weight excluding hydrogens is 244 g/mol. The van der Waals surface area contributed by atoms with E-state index in [0.717, 1.165) is 18.3 Å². The van der Waals surface area contributed by atoms with E-state index < -0.39 is 0 Å². The lowest BCUT2D eigenvalue weighted by Crippen LogP contribution is -2.19. The zero-order chi connectivity index (χ0) is 14.8. The molecule has 0 bridgehead atoms. The summed E-state index contributed by atoms with van der Waals surface area (Å²) in [4.78, 5) is 10.9. The second kappa shape index (κ2) is 5.95. The van der Waals surface area contributed by atoms with Crippen LogP contribution in [0.1, 0.15) is 53.4 Å². The van der Waals surface area contributed by atoms with Gasteiger partial charge in [-0.05, 0) is 60.7 Å². The molecular formula is C19H26O. The molecule has 0 N–H and O–H groups in total. The topological polar surface area (TPSA) is 17.1 Å². The first kappa shape index (κ1) is 15.0. The minimum absolute atomic E-state index is 0.295. The molecule has 1 nitrogen and oxygen atoms in total. The van der Waals surface area contributed by atoms with Crippen molar-refractivity contribution in [1.82, 2.24) is 0 Å². The Morgan fingerprint density at radius 3 is 2.60 bits per heavy atom. The second-order valence-electron chi connectivity index (χ2n) is 6.90. The molecule has 0 saturated heterocycles. The predicted molar refractivity (Wildman–Crippen MR) is 85.5 cm³/mol. The van der Waals surface area contributed by atoms with Crippen LogP contribution in [0.5, 0.6) is 0 Å². The smallest absolute Gasteiger partial charge is 0.146 e. The van der Waals surface area contributed by atoms with Crippen LogP contribution in [0, 0.1) is 11.3 Å². The van der Waals surface area contributed by atoms with Crippen LogP contribution in [-0.2, 0) is 4.79 Å². The first-order valence-electron chi connectivity index (χ1n) is 7.68. The molecule has 2 aliphatic rings. The molecule has 0 radical (unpaired) electrons. The third-order valence-electron chi connectivity index (χ3n) is 4.74. The number of rotatable bonds is 3. The number of carbonyl (C=O) groups is 1. The number of allylic oxidation sites excluding steroid dienone is 8. The number of hydrogen-bond donors (Lipinski definition) is 0. The van der Waals surface area contributed by atoms with E-state index >= 15 is 0 Å². The van der Waals surface area contributed by atoms with Gasteiger partial charge in [0, 0.05) is 0 Å². The molecule has 2 rings (SSSR count). The van der Waals surface area contributed by atoms with E-state index in [1.54, 1.807) is 0 Å². The highest BCUT2D eigenvalue weighted by molar-refractivity contribution is 5.75. The lowest BCUT2D eigenvalue weighted by molar-refractivity contribution is -0.105. The monoisotopic (exact) mass is 270 g/mol. The lowest BCUT2D eigenvalue weighted by atomic mass is 9.72. The lowest BCUT2D eigenvalue weighted by Gasteiger charge is -2.33. The Morgan fingerprint density at radius 1 is 1.25 bits per heavy atom. The molecule has 0 aromatic carbocycles. The maximum atomic E-state index is 10.9. The molecule has 0 fully saturated rings. The highest BCUT2D eigenvalue weighted by Gasteiger charge is 2.26. The van der Waals surface area contributed by atoms with Gasteiger partial charge in [-0.3, -0.25) is 4.79 Å². The minimum atomic E-state index is 0.295. The van der Waals surface area contributed by atoms with E-state index in [-0.39, 0.29) is 0 Å². The maximum absolute atomic E-state index is 10.9. The van der Waals surface area contributed by atoms with Gasteiger partial charge in [-0.15, -0.1) is 0 Å². The van der Waals surface area contributed by atoms with E-state index in [0.29, 0.717) is 11.3 Å². The van der Waals surface area contributed by atoms with Crippen LogP contribution in [0.3, 0.4) is 0 Å². The van der Waals surface area contributed by atoms with E-state index in [1.807, 2.05) is 6.08 Å². The van der Waals surface area contributed by atoms with Crippen LogP contribution in [0.15, 0.2) is 46.6 Å². The molecule has 1 atom stereocenters. The van der Waals surface area contributed by atoms with Gasteiger partial charge in [0.2, 0.25) is 0 Å². The quantitative estimate of drug-likeness (QED) is 0.647. The van der Waals surface area contributed by atoms with Crippen molar-refractivity contribution in [3.63, 3.8) is 0 Å². The molecule has 1 heteroatoms. The molecule has 1 unspecified atom stereocenters. The predicted octanol–water partition coefficient (Wildman–Crippen LogP) is 5.16. The van der Waals surface area contributed by atoms with Crippen molar-refractivity contribution < 1.29 is 4.79 Å². The van der Waals surface area contributed by atoms with Gasteiger partial charge in [-0.25, -0.2) is 0 Å². The molecule has 20 heavy (non-hydrogen) atoms. The molecule has 108 valence electrons. The van der Waals surface area contributed by atoms with Gasteiger partial charge in [0.25, 0.3) is 0 Å². The second-order valence-corrected chi connectivity index (χ2v) is 6.90. The van der Waals surface area contributed by atoms with Crippen LogP contribution in [0.2, 0.25) is 0 Å². The number of hydrogen-bond acceptors (Lipinski definition) is 1. The van der Waals surface area contributed by atoms with Crippen molar-refractivity contribution in [3.8, 4) is 0 Å². The van der Waals surface area contributed by atoms with Crippen LogP contribution in [0.25, 0.3) is 0 Å². The Labute approximate surface area is 123 Å². The van der Waals surface area contributed by atoms with Crippen molar-refractivity contribution in [2.45, 2.75) is 53.4 Å². The summed E-state index contributed by atoms with van der Waals surface area (Å²) in [6, 6.07) is 0. The van der Waals surface area contributed by atoms with E-state index in [1.165, 1.54) is 36.0 Å². The van der Waals surface area contributed by atoms with Crippen LogP contribution < -0.4 is 0 Å². The fraction of sp³-hybridized carbons (Fsp3) is 0.526. The van der Waals surface area contributed by atoms with Crippen molar-refractivity contribution in [1.29, 1.82) is 0 Å². The Kier molecular flexibility index (Phi) is 4.47. The van der Waals surface area contributed by atoms with Gasteiger partial charge in [-0.2, -0.15) is 0 Å². The summed E-state index contributed by atoms with van der Waals surface area (Å²) in [5, 5.41) is 0. The molecule has 0 heterocycles. The van der Waals surface area contributed by atoms with Gasteiger partial charge >= 0.3 is 0 Å². The average molecular weight is 270 g/mol. The highest BCUT2D eigenvalue weighted by atomic mass is 16.1. The van der Waals surface area contributed by atoms with Crippen molar-refractivity contribution in [3.05, 3.63) is 46.6 Å². The maximum Gasteiger partial charge on any atom is 0.146 e. The molecule has 0 saturated carbocycles. The zero-order valence-corrected chi connectivity index (χ0v) is 13.2. The molecule has 0 aliphatic heterocycles. The normalized spacial score (nSPS) is 26.5. The van der Waals surface area contributed by atoms with E-state index in [4.69, 9.17) is 0 Å². The summed E-state index contributed by atoms with van der Waals surface area (Å²) < 4.78 is 0. The fourth-order valence-corrected chi connectivity index (χ4v) is 3.39. The zero-order valence-electron chi connectivity index (χ0n) is 13.2. The van der Waals surface area contributed by atoms with Gasteiger partial charge in [-0.1, -0.05) is 50.6 Å². The van der Waals surface area contributed by atoms with Crippen molar-refractivity contribution >= 4 is 6.29 Å². The van der Waals surface area contributed by atoms with Gasteiger partial charge < -0.3 is 0 Å². The molecule has 0 aromatic heterocycles. The van der Waals surface area contributed by atoms with Crippen molar-refractivity contribution in [2.24, 2.45) is 11.3 Å². The summed E-state index contributed by atoms with van der Waals surface area (Å²) in [5.41, 5.74) is 5.57. The Morgan fingerprint density at radius 2 is 2.00 bits per heavy atom. The number of carbonyl (C=O) groups excluding carboxylic acids is 1. The third kappa shape index (κ3) is 3.20. The highest BCUT2D eigenvalue weighted by Crippen LogP contribution is 2.41. The van der Waals surface area contributed by atoms with Gasteiger partial charge in [0.1, 0.15) is 6.29 Å². The fourth-order valence-electron chi connectivity index (χ4n) is 3.39. The van der Waals surface area contributed by atoms with Crippen LogP contribution in [0.4, 0.5) is 0 Å². The largest absolute Gasteiger partial charge is 0.298 e. The summed E-state index contributed by atoms with van der Waals surface area (Å²) >= 11 is 0. The van der Waals surface area contributed by atoms with E-state index in [9.17, 15) is 4.79 Å². The van der Waals surface area contributed by atoms with Crippen molar-refractivity contribution in [2.75, 3.05) is 0 Å². The third-order valence-corrected chi connectivity index (χ3v) is 4.74. The first-order valence-corrected chi connectivity index (χ1v) is 7.68. The van der Waals surface area contributed by atoms with E-state index in [2.05, 4.69) is 45.9 Å². The first-order chi connectivity index (χ1) is 9.44. The standard InChI is InChI=1S/C19H26O/c1-14-6-5-11-19(3,4)18(14)10-8-16-7-9-17(13-20)15(2)12-16/h7-10,13,15H,5-6,11-12H2,1-4H3/b10-8+. The summed E-state index contributed by atoms with van der Waals surface area (Å²) in [7, 11) is 0. The molecule has 2 aliphatic carbocycles. The Hall–Kier alpha value is -1.37.